The molecule has 0 aromatic carbocycles. The molecule has 0 heterocycles. The van der Waals surface area contributed by atoms with Crippen LogP contribution in [0.2, 0.25) is 0 Å². The highest BCUT2D eigenvalue weighted by atomic mass is 31.2. The van der Waals surface area contributed by atoms with Crippen molar-refractivity contribution in [3.05, 3.63) is 0 Å². The maximum Gasteiger partial charge on any atom is 0.469 e. The predicted molar refractivity (Wildman–Crippen MR) is 138 cm³/mol. The van der Waals surface area contributed by atoms with Gasteiger partial charge in [-0.2, -0.15) is 0 Å². The second kappa shape index (κ2) is 23.4. The van der Waals surface area contributed by atoms with Crippen LogP contribution in [0.5, 0.6) is 0 Å². The smallest absolute Gasteiger partial charge is 0.462 e. The van der Waals surface area contributed by atoms with Crippen molar-refractivity contribution < 1.29 is 37.9 Å². The van der Waals surface area contributed by atoms with E-state index in [1.165, 1.54) is 64.2 Å². The van der Waals surface area contributed by atoms with Gasteiger partial charge in [0.05, 0.1) is 6.61 Å². The summed E-state index contributed by atoms with van der Waals surface area (Å²) in [7, 11) is -4.72. The molecule has 0 radical (unpaired) electrons. The SMILES string of the molecule is CCCCCCCCCCCC(=O)OC[C@@H](COP(=O)(O)O)OC(=O)CCCCCCCCCC. The van der Waals surface area contributed by atoms with Crippen molar-refractivity contribution in [2.45, 2.75) is 142 Å². The fraction of sp³-hybridized carbons (Fsp3) is 0.923. The third-order valence-electron chi connectivity index (χ3n) is 5.88. The lowest BCUT2D eigenvalue weighted by molar-refractivity contribution is -0.161. The molecule has 0 saturated heterocycles. The summed E-state index contributed by atoms with van der Waals surface area (Å²) in [6.45, 7) is 3.58. The van der Waals surface area contributed by atoms with Gasteiger partial charge in [0.1, 0.15) is 6.61 Å². The van der Waals surface area contributed by atoms with Gasteiger partial charge >= 0.3 is 19.8 Å². The number of unbranched alkanes of at least 4 members (excludes halogenated alkanes) is 15. The summed E-state index contributed by atoms with van der Waals surface area (Å²) in [6, 6.07) is 0. The van der Waals surface area contributed by atoms with Crippen molar-refractivity contribution in [3.8, 4) is 0 Å². The fourth-order valence-electron chi connectivity index (χ4n) is 3.78. The zero-order valence-corrected chi connectivity index (χ0v) is 23.1. The summed E-state index contributed by atoms with van der Waals surface area (Å²) in [5.41, 5.74) is 0. The van der Waals surface area contributed by atoms with Crippen LogP contribution in [-0.4, -0.2) is 41.0 Å². The zero-order chi connectivity index (χ0) is 26.2. The predicted octanol–water partition coefficient (Wildman–Crippen LogP) is 7.00. The second-order valence-corrected chi connectivity index (χ2v) is 10.6. The molecule has 2 N–H and O–H groups in total. The highest BCUT2D eigenvalue weighted by Gasteiger charge is 2.22. The van der Waals surface area contributed by atoms with Gasteiger partial charge in [0.2, 0.25) is 0 Å². The Hall–Kier alpha value is -0.950. The quantitative estimate of drug-likeness (QED) is 0.0747. The lowest BCUT2D eigenvalue weighted by Crippen LogP contribution is -2.29. The molecule has 0 aliphatic carbocycles. The van der Waals surface area contributed by atoms with E-state index in [-0.39, 0.29) is 19.4 Å². The molecule has 0 fully saturated rings. The molecule has 0 saturated carbocycles. The van der Waals surface area contributed by atoms with E-state index in [0.717, 1.165) is 38.5 Å². The Morgan fingerprint density at radius 3 is 1.46 bits per heavy atom. The Bertz CT molecular complexity index is 564. The van der Waals surface area contributed by atoms with Crippen molar-refractivity contribution in [3.63, 3.8) is 0 Å². The van der Waals surface area contributed by atoms with E-state index >= 15 is 0 Å². The normalized spacial score (nSPS) is 12.5. The Morgan fingerprint density at radius 2 is 1.03 bits per heavy atom. The first-order chi connectivity index (χ1) is 16.8. The molecule has 0 amide bonds. The van der Waals surface area contributed by atoms with Gasteiger partial charge in [0.15, 0.2) is 6.10 Å². The second-order valence-electron chi connectivity index (χ2n) is 9.38. The number of phosphoric ester groups is 1. The molecule has 0 aliphatic heterocycles. The molecule has 0 bridgehead atoms. The average molecular weight is 523 g/mol. The van der Waals surface area contributed by atoms with Crippen molar-refractivity contribution >= 4 is 19.8 Å². The molecule has 0 aromatic heterocycles. The minimum atomic E-state index is -4.72. The molecule has 0 aliphatic rings. The molecule has 0 unspecified atom stereocenters. The van der Waals surface area contributed by atoms with Crippen LogP contribution in [0.25, 0.3) is 0 Å². The van der Waals surface area contributed by atoms with Gasteiger partial charge in [0, 0.05) is 12.8 Å². The van der Waals surface area contributed by atoms with Gasteiger partial charge in [-0.3, -0.25) is 14.1 Å². The fourth-order valence-corrected chi connectivity index (χ4v) is 4.14. The monoisotopic (exact) mass is 522 g/mol. The van der Waals surface area contributed by atoms with Crippen molar-refractivity contribution in [1.82, 2.24) is 0 Å². The van der Waals surface area contributed by atoms with Crippen LogP contribution in [-0.2, 0) is 28.2 Å². The summed E-state index contributed by atoms with van der Waals surface area (Å²) in [5, 5.41) is 0. The number of rotatable bonds is 25. The van der Waals surface area contributed by atoms with Crippen molar-refractivity contribution in [1.29, 1.82) is 0 Å². The van der Waals surface area contributed by atoms with E-state index in [0.29, 0.717) is 6.42 Å². The van der Waals surface area contributed by atoms with Crippen LogP contribution >= 0.6 is 7.82 Å². The van der Waals surface area contributed by atoms with Crippen LogP contribution in [0.4, 0.5) is 0 Å². The van der Waals surface area contributed by atoms with Crippen LogP contribution < -0.4 is 0 Å². The first kappa shape index (κ1) is 34.0. The third kappa shape index (κ3) is 25.9. The van der Waals surface area contributed by atoms with E-state index in [4.69, 9.17) is 19.3 Å². The Labute approximate surface area is 213 Å². The van der Waals surface area contributed by atoms with E-state index < -0.39 is 32.5 Å². The molecule has 1 atom stereocenters. The maximum atomic E-state index is 12.1. The van der Waals surface area contributed by atoms with Crippen LogP contribution in [0.1, 0.15) is 136 Å². The molecule has 208 valence electrons. The number of hydrogen-bond acceptors (Lipinski definition) is 6. The number of esters is 2. The number of carbonyl (C=O) groups excluding carboxylic acids is 2. The standard InChI is InChI=1S/C26H51O8P/c1-3-5-7-9-11-13-15-16-18-20-25(27)32-22-24(23-33-35(29,30)31)34-26(28)21-19-17-14-12-10-8-6-4-2/h24H,3-23H2,1-2H3,(H2,29,30,31)/t24-/m0/s1. The summed E-state index contributed by atoms with van der Waals surface area (Å²) in [6.07, 6.45) is 18.5. The minimum absolute atomic E-state index is 0.216. The van der Waals surface area contributed by atoms with Gasteiger partial charge in [-0.1, -0.05) is 110 Å². The Morgan fingerprint density at radius 1 is 0.629 bits per heavy atom. The van der Waals surface area contributed by atoms with Gasteiger partial charge in [0.25, 0.3) is 0 Å². The lowest BCUT2D eigenvalue weighted by atomic mass is 10.1. The van der Waals surface area contributed by atoms with Gasteiger partial charge < -0.3 is 19.3 Å². The molecular weight excluding hydrogens is 471 g/mol. The Kier molecular flexibility index (Phi) is 22.8. The minimum Gasteiger partial charge on any atom is -0.462 e. The van der Waals surface area contributed by atoms with Crippen LogP contribution in [0.3, 0.4) is 0 Å². The molecule has 0 spiro atoms. The summed E-state index contributed by atoms with van der Waals surface area (Å²) >= 11 is 0. The third-order valence-corrected chi connectivity index (χ3v) is 6.36. The van der Waals surface area contributed by atoms with E-state index in [2.05, 4.69) is 18.4 Å². The number of ether oxygens (including phenoxy) is 2. The summed E-state index contributed by atoms with van der Waals surface area (Å²) in [5.74, 6) is -0.890. The van der Waals surface area contributed by atoms with Crippen LogP contribution in [0, 0.1) is 0 Å². The maximum absolute atomic E-state index is 12.1. The molecule has 35 heavy (non-hydrogen) atoms. The summed E-state index contributed by atoms with van der Waals surface area (Å²) < 4.78 is 25.9. The van der Waals surface area contributed by atoms with E-state index in [9.17, 15) is 14.2 Å². The molecule has 0 aromatic rings. The molecule has 9 heteroatoms. The number of phosphoric acid groups is 1. The highest BCUT2D eigenvalue weighted by molar-refractivity contribution is 7.46. The van der Waals surface area contributed by atoms with Gasteiger partial charge in [-0.25, -0.2) is 4.57 Å². The first-order valence-electron chi connectivity index (χ1n) is 13.8. The van der Waals surface area contributed by atoms with Crippen molar-refractivity contribution in [2.24, 2.45) is 0 Å². The van der Waals surface area contributed by atoms with E-state index in [1.807, 2.05) is 0 Å². The molecule has 0 rings (SSSR count). The summed E-state index contributed by atoms with van der Waals surface area (Å²) in [4.78, 5) is 42.1. The van der Waals surface area contributed by atoms with E-state index in [1.54, 1.807) is 0 Å². The number of hydrogen-bond donors (Lipinski definition) is 2. The largest absolute Gasteiger partial charge is 0.469 e. The zero-order valence-electron chi connectivity index (χ0n) is 22.2. The van der Waals surface area contributed by atoms with Crippen LogP contribution in [0.15, 0.2) is 0 Å². The first-order valence-corrected chi connectivity index (χ1v) is 15.4. The van der Waals surface area contributed by atoms with Crippen molar-refractivity contribution in [2.75, 3.05) is 13.2 Å². The highest BCUT2D eigenvalue weighted by Crippen LogP contribution is 2.35. The van der Waals surface area contributed by atoms with Gasteiger partial charge in [-0.05, 0) is 12.8 Å². The molecular formula is C26H51O8P. The lowest BCUT2D eigenvalue weighted by Gasteiger charge is -2.18. The topological polar surface area (TPSA) is 119 Å². The molecule has 8 nitrogen and oxygen atoms in total. The number of carbonyl (C=O) groups is 2. The Balaban J connectivity index is 4.10. The average Bonchev–Trinajstić information content (AvgIpc) is 2.81. The van der Waals surface area contributed by atoms with Gasteiger partial charge in [-0.15, -0.1) is 0 Å².